The molecule has 0 aliphatic carbocycles. The van der Waals surface area contributed by atoms with E-state index in [0.29, 0.717) is 6.61 Å². The Morgan fingerprint density at radius 3 is 3.11 bits per heavy atom. The van der Waals surface area contributed by atoms with Crippen molar-refractivity contribution in [3.8, 4) is 0 Å². The molecule has 0 bridgehead atoms. The molecule has 0 saturated carbocycles. The van der Waals surface area contributed by atoms with E-state index in [2.05, 4.69) is 19.8 Å². The van der Waals surface area contributed by atoms with E-state index in [1.54, 1.807) is 6.33 Å². The lowest BCUT2D eigenvalue weighted by molar-refractivity contribution is -0.0952. The van der Waals surface area contributed by atoms with Gasteiger partial charge in [0.25, 0.3) is 0 Å². The third-order valence-electron chi connectivity index (χ3n) is 4.13. The maximum atomic E-state index is 9.83. The van der Waals surface area contributed by atoms with Crippen molar-refractivity contribution in [1.82, 2.24) is 14.9 Å². The van der Waals surface area contributed by atoms with Crippen molar-refractivity contribution in [3.63, 3.8) is 0 Å². The number of anilines is 1. The summed E-state index contributed by atoms with van der Waals surface area (Å²) in [7, 11) is 0. The monoisotopic (exact) mass is 264 g/mol. The number of fused-ring (bicyclic) bond motifs is 1. The SMILES string of the molecule is Cc1cncnc1N1CCN2CCOCC2(CO)C1. The molecule has 2 fully saturated rings. The summed E-state index contributed by atoms with van der Waals surface area (Å²) in [5.74, 6) is 0.966. The highest BCUT2D eigenvalue weighted by Crippen LogP contribution is 2.28. The molecular formula is C13H20N4O2. The number of ether oxygens (including phenoxy) is 1. The smallest absolute Gasteiger partial charge is 0.134 e. The van der Waals surface area contributed by atoms with E-state index in [4.69, 9.17) is 4.74 Å². The van der Waals surface area contributed by atoms with E-state index in [-0.39, 0.29) is 12.1 Å². The molecule has 0 amide bonds. The number of nitrogens with zero attached hydrogens (tertiary/aromatic N) is 4. The molecule has 0 spiro atoms. The van der Waals surface area contributed by atoms with E-state index >= 15 is 0 Å². The lowest BCUT2D eigenvalue weighted by Gasteiger charge is -2.52. The van der Waals surface area contributed by atoms with Crippen molar-refractivity contribution in [2.24, 2.45) is 0 Å². The quantitative estimate of drug-likeness (QED) is 0.789. The second-order valence-electron chi connectivity index (χ2n) is 5.37. The summed E-state index contributed by atoms with van der Waals surface area (Å²) in [6.45, 7) is 7.00. The maximum absolute atomic E-state index is 9.83. The normalized spacial score (nSPS) is 28.2. The lowest BCUT2D eigenvalue weighted by Crippen LogP contribution is -2.69. The van der Waals surface area contributed by atoms with E-state index in [0.717, 1.165) is 44.2 Å². The highest BCUT2D eigenvalue weighted by Gasteiger charge is 2.44. The third-order valence-corrected chi connectivity index (χ3v) is 4.13. The van der Waals surface area contributed by atoms with Crippen LogP contribution in [0.2, 0.25) is 0 Å². The van der Waals surface area contributed by atoms with Crippen LogP contribution in [0.5, 0.6) is 0 Å². The van der Waals surface area contributed by atoms with Gasteiger partial charge in [-0.15, -0.1) is 0 Å². The number of hydrogen-bond acceptors (Lipinski definition) is 6. The van der Waals surface area contributed by atoms with Gasteiger partial charge in [0.2, 0.25) is 0 Å². The number of aryl methyl sites for hydroxylation is 1. The van der Waals surface area contributed by atoms with Crippen LogP contribution < -0.4 is 4.90 Å². The summed E-state index contributed by atoms with van der Waals surface area (Å²) >= 11 is 0. The first-order valence-corrected chi connectivity index (χ1v) is 6.70. The molecule has 0 aromatic carbocycles. The molecule has 1 atom stereocenters. The van der Waals surface area contributed by atoms with Crippen molar-refractivity contribution < 1.29 is 9.84 Å². The molecule has 1 N–H and O–H groups in total. The molecule has 6 nitrogen and oxygen atoms in total. The molecule has 1 aromatic heterocycles. The number of aliphatic hydroxyl groups is 1. The Morgan fingerprint density at radius 2 is 2.32 bits per heavy atom. The molecule has 3 rings (SSSR count). The Hall–Kier alpha value is -1.24. The van der Waals surface area contributed by atoms with Gasteiger partial charge in [0.05, 0.1) is 25.4 Å². The van der Waals surface area contributed by atoms with Crippen LogP contribution in [0.1, 0.15) is 5.56 Å². The first kappa shape index (κ1) is 12.8. The second kappa shape index (κ2) is 5.03. The van der Waals surface area contributed by atoms with Crippen molar-refractivity contribution in [1.29, 1.82) is 0 Å². The summed E-state index contributed by atoms with van der Waals surface area (Å²) in [6, 6.07) is 0. The Balaban J connectivity index is 1.85. The molecule has 2 aliphatic rings. The molecule has 19 heavy (non-hydrogen) atoms. The molecule has 2 saturated heterocycles. The van der Waals surface area contributed by atoms with Crippen LogP contribution in [0.4, 0.5) is 5.82 Å². The van der Waals surface area contributed by atoms with Gasteiger partial charge < -0.3 is 14.7 Å². The van der Waals surface area contributed by atoms with Gasteiger partial charge in [0, 0.05) is 37.9 Å². The zero-order chi connectivity index (χ0) is 13.3. The number of aromatic nitrogens is 2. The minimum absolute atomic E-state index is 0.119. The zero-order valence-corrected chi connectivity index (χ0v) is 11.2. The van der Waals surface area contributed by atoms with Gasteiger partial charge in [-0.25, -0.2) is 9.97 Å². The second-order valence-corrected chi connectivity index (χ2v) is 5.37. The van der Waals surface area contributed by atoms with Gasteiger partial charge in [0.1, 0.15) is 12.1 Å². The van der Waals surface area contributed by atoms with Gasteiger partial charge in [-0.05, 0) is 6.92 Å². The van der Waals surface area contributed by atoms with Crippen LogP contribution in [0.25, 0.3) is 0 Å². The Kier molecular flexibility index (Phi) is 3.38. The summed E-state index contributed by atoms with van der Waals surface area (Å²) in [4.78, 5) is 13.0. The molecule has 2 aliphatic heterocycles. The summed E-state index contributed by atoms with van der Waals surface area (Å²) in [5.41, 5.74) is 0.786. The Bertz CT molecular complexity index is 456. The highest BCUT2D eigenvalue weighted by molar-refractivity contribution is 5.46. The molecule has 104 valence electrons. The highest BCUT2D eigenvalue weighted by atomic mass is 16.5. The van der Waals surface area contributed by atoms with Crippen LogP contribution in [-0.2, 0) is 4.74 Å². The van der Waals surface area contributed by atoms with Gasteiger partial charge in [-0.2, -0.15) is 0 Å². The van der Waals surface area contributed by atoms with E-state index in [1.807, 2.05) is 13.1 Å². The van der Waals surface area contributed by atoms with Crippen molar-refractivity contribution in [2.75, 3.05) is 50.9 Å². The minimum atomic E-state index is -0.284. The summed E-state index contributed by atoms with van der Waals surface area (Å²) in [6.07, 6.45) is 3.41. The van der Waals surface area contributed by atoms with Crippen LogP contribution >= 0.6 is 0 Å². The van der Waals surface area contributed by atoms with Gasteiger partial charge >= 0.3 is 0 Å². The van der Waals surface area contributed by atoms with Crippen molar-refractivity contribution >= 4 is 5.82 Å². The van der Waals surface area contributed by atoms with E-state index in [1.165, 1.54) is 0 Å². The Morgan fingerprint density at radius 1 is 1.42 bits per heavy atom. The third kappa shape index (κ3) is 2.20. The lowest BCUT2D eigenvalue weighted by atomic mass is 9.94. The van der Waals surface area contributed by atoms with E-state index in [9.17, 15) is 5.11 Å². The number of aliphatic hydroxyl groups excluding tert-OH is 1. The van der Waals surface area contributed by atoms with Crippen LogP contribution in [0, 0.1) is 6.92 Å². The Labute approximate surface area is 113 Å². The fraction of sp³-hybridized carbons (Fsp3) is 0.692. The number of morpholine rings is 1. The number of hydrogen-bond donors (Lipinski definition) is 1. The molecular weight excluding hydrogens is 244 g/mol. The average Bonchev–Trinajstić information content (AvgIpc) is 2.47. The molecule has 6 heteroatoms. The molecule has 1 aromatic rings. The first-order valence-electron chi connectivity index (χ1n) is 6.70. The van der Waals surface area contributed by atoms with Crippen LogP contribution in [0.15, 0.2) is 12.5 Å². The van der Waals surface area contributed by atoms with Gasteiger partial charge in [-0.1, -0.05) is 0 Å². The molecule has 3 heterocycles. The van der Waals surface area contributed by atoms with Gasteiger partial charge in [0.15, 0.2) is 0 Å². The number of rotatable bonds is 2. The summed E-state index contributed by atoms with van der Waals surface area (Å²) in [5, 5.41) is 9.83. The van der Waals surface area contributed by atoms with Gasteiger partial charge in [-0.3, -0.25) is 4.90 Å². The van der Waals surface area contributed by atoms with Crippen LogP contribution in [-0.4, -0.2) is 71.5 Å². The predicted molar refractivity (Wildman–Crippen MR) is 71.2 cm³/mol. The molecule has 0 radical (unpaired) electrons. The predicted octanol–water partition coefficient (Wildman–Crippen LogP) is -0.332. The maximum Gasteiger partial charge on any atom is 0.134 e. The van der Waals surface area contributed by atoms with E-state index < -0.39 is 0 Å². The van der Waals surface area contributed by atoms with Crippen molar-refractivity contribution in [2.45, 2.75) is 12.5 Å². The number of piperazine rings is 1. The summed E-state index contributed by atoms with van der Waals surface area (Å²) < 4.78 is 5.59. The topological polar surface area (TPSA) is 61.7 Å². The fourth-order valence-electron chi connectivity index (χ4n) is 3.04. The fourth-order valence-corrected chi connectivity index (χ4v) is 3.04. The first-order chi connectivity index (χ1) is 9.25. The van der Waals surface area contributed by atoms with Crippen LogP contribution in [0.3, 0.4) is 0 Å². The standard InChI is InChI=1S/C13H20N4O2/c1-11-6-14-10-15-12(11)16-2-3-17-4-5-19-9-13(17,7-16)8-18/h6,10,18H,2-5,7-9H2,1H3. The minimum Gasteiger partial charge on any atom is -0.394 e. The molecule has 1 unspecified atom stereocenters. The zero-order valence-electron chi connectivity index (χ0n) is 11.2. The largest absolute Gasteiger partial charge is 0.394 e. The van der Waals surface area contributed by atoms with Crippen molar-refractivity contribution in [3.05, 3.63) is 18.1 Å². The average molecular weight is 264 g/mol.